The number of pyridine rings is 1. The molecule has 5 nitrogen and oxygen atoms in total. The third-order valence-corrected chi connectivity index (χ3v) is 4.50. The van der Waals surface area contributed by atoms with E-state index in [1.807, 2.05) is 0 Å². The van der Waals surface area contributed by atoms with Gasteiger partial charge in [0.15, 0.2) is 0 Å². The number of carboxylic acids is 1. The number of likely N-dealkylation sites (tertiary alicyclic amines) is 1. The van der Waals surface area contributed by atoms with Gasteiger partial charge in [0, 0.05) is 37.9 Å². The molecule has 26 heavy (non-hydrogen) atoms. The minimum atomic E-state index is -1.02. The highest BCUT2D eigenvalue weighted by Gasteiger charge is 2.23. The molecule has 1 aromatic carbocycles. The van der Waals surface area contributed by atoms with Crippen LogP contribution in [-0.4, -0.2) is 40.1 Å². The summed E-state index contributed by atoms with van der Waals surface area (Å²) in [6, 6.07) is 8.47. The van der Waals surface area contributed by atoms with E-state index in [4.69, 9.17) is 16.7 Å². The van der Waals surface area contributed by atoms with Gasteiger partial charge in [-0.2, -0.15) is 0 Å². The van der Waals surface area contributed by atoms with Crippen molar-refractivity contribution >= 4 is 29.5 Å². The molecular weight excluding hydrogens is 357 g/mol. The van der Waals surface area contributed by atoms with E-state index in [1.54, 1.807) is 24.4 Å². The first-order valence-corrected chi connectivity index (χ1v) is 8.67. The van der Waals surface area contributed by atoms with E-state index in [2.05, 4.69) is 15.2 Å². The van der Waals surface area contributed by atoms with E-state index in [0.29, 0.717) is 16.4 Å². The zero-order valence-electron chi connectivity index (χ0n) is 14.0. The third-order valence-electron chi connectivity index (χ3n) is 4.21. The average Bonchev–Trinajstić information content (AvgIpc) is 3.04. The standard InChI is InChI=1S/C19H19ClFN3O2/c20-17-9-14(3-6-18(25)26)10-22-19(17)23-16-7-8-24(12-16)11-13-1-4-15(21)5-2-13/h1-6,9-10,16H,7-8,11-12H2,(H,22,23)(H,25,26)/t16-/m1/s1. The largest absolute Gasteiger partial charge is 0.478 e. The molecule has 0 bridgehead atoms. The second-order valence-electron chi connectivity index (χ2n) is 6.26. The van der Waals surface area contributed by atoms with Crippen LogP contribution in [0.2, 0.25) is 5.02 Å². The summed E-state index contributed by atoms with van der Waals surface area (Å²) in [4.78, 5) is 17.1. The van der Waals surface area contributed by atoms with Crippen LogP contribution in [0.4, 0.5) is 10.2 Å². The summed E-state index contributed by atoms with van der Waals surface area (Å²) in [5, 5.41) is 12.5. The maximum atomic E-state index is 13.0. The molecule has 1 atom stereocenters. The van der Waals surface area contributed by atoms with Gasteiger partial charge in [-0.05, 0) is 41.8 Å². The SMILES string of the molecule is O=C(O)C=Cc1cnc(N[C@@H]2CCN(Cc3ccc(F)cc3)C2)c(Cl)c1. The van der Waals surface area contributed by atoms with Crippen LogP contribution in [0.1, 0.15) is 17.5 Å². The Bertz CT molecular complexity index is 811. The Hall–Kier alpha value is -2.44. The Kier molecular flexibility index (Phi) is 5.85. The Morgan fingerprint density at radius 1 is 1.42 bits per heavy atom. The van der Waals surface area contributed by atoms with Gasteiger partial charge in [0.1, 0.15) is 11.6 Å². The molecule has 0 spiro atoms. The molecule has 0 saturated carbocycles. The summed E-state index contributed by atoms with van der Waals surface area (Å²) in [7, 11) is 0. The summed E-state index contributed by atoms with van der Waals surface area (Å²) in [6.07, 6.45) is 5.04. The van der Waals surface area contributed by atoms with E-state index in [-0.39, 0.29) is 11.9 Å². The molecule has 1 aliphatic rings. The van der Waals surface area contributed by atoms with Crippen LogP contribution in [0.25, 0.3) is 6.08 Å². The highest BCUT2D eigenvalue weighted by Crippen LogP contribution is 2.24. The first-order chi connectivity index (χ1) is 12.5. The van der Waals surface area contributed by atoms with Crippen molar-refractivity contribution in [2.45, 2.75) is 19.0 Å². The second-order valence-corrected chi connectivity index (χ2v) is 6.67. The van der Waals surface area contributed by atoms with Gasteiger partial charge >= 0.3 is 5.97 Å². The van der Waals surface area contributed by atoms with E-state index < -0.39 is 5.97 Å². The van der Waals surface area contributed by atoms with Crippen molar-refractivity contribution in [1.82, 2.24) is 9.88 Å². The second kappa shape index (κ2) is 8.29. The molecule has 136 valence electrons. The Morgan fingerprint density at radius 3 is 2.88 bits per heavy atom. The van der Waals surface area contributed by atoms with Crippen LogP contribution in [0.15, 0.2) is 42.6 Å². The number of hydrogen-bond acceptors (Lipinski definition) is 4. The quantitative estimate of drug-likeness (QED) is 0.754. The van der Waals surface area contributed by atoms with Gasteiger partial charge in [-0.15, -0.1) is 0 Å². The molecule has 1 fully saturated rings. The first-order valence-electron chi connectivity index (χ1n) is 8.29. The lowest BCUT2D eigenvalue weighted by Gasteiger charge is -2.17. The molecule has 2 heterocycles. The van der Waals surface area contributed by atoms with Crippen LogP contribution in [-0.2, 0) is 11.3 Å². The van der Waals surface area contributed by atoms with E-state index >= 15 is 0 Å². The average molecular weight is 376 g/mol. The van der Waals surface area contributed by atoms with Gasteiger partial charge in [0.25, 0.3) is 0 Å². The van der Waals surface area contributed by atoms with E-state index in [0.717, 1.165) is 37.7 Å². The molecule has 2 aromatic rings. The molecule has 7 heteroatoms. The van der Waals surface area contributed by atoms with Crippen LogP contribution < -0.4 is 5.32 Å². The number of nitrogens with one attached hydrogen (secondary N) is 1. The maximum Gasteiger partial charge on any atom is 0.328 e. The van der Waals surface area contributed by atoms with Gasteiger partial charge in [-0.3, -0.25) is 4.90 Å². The number of anilines is 1. The van der Waals surface area contributed by atoms with Crippen molar-refractivity contribution in [2.75, 3.05) is 18.4 Å². The summed E-state index contributed by atoms with van der Waals surface area (Å²) >= 11 is 6.25. The summed E-state index contributed by atoms with van der Waals surface area (Å²) < 4.78 is 13.0. The third kappa shape index (κ3) is 5.03. The van der Waals surface area contributed by atoms with Gasteiger partial charge in [-0.1, -0.05) is 23.7 Å². The molecular formula is C19H19ClFN3O2. The molecule has 0 radical (unpaired) electrons. The summed E-state index contributed by atoms with van der Waals surface area (Å²) in [5.41, 5.74) is 1.71. The van der Waals surface area contributed by atoms with Gasteiger partial charge < -0.3 is 10.4 Å². The number of rotatable bonds is 6. The van der Waals surface area contributed by atoms with Crippen LogP contribution in [0.3, 0.4) is 0 Å². The van der Waals surface area contributed by atoms with Crippen molar-refractivity contribution < 1.29 is 14.3 Å². The molecule has 3 rings (SSSR count). The zero-order chi connectivity index (χ0) is 18.5. The van der Waals surface area contributed by atoms with Gasteiger partial charge in [0.2, 0.25) is 0 Å². The van der Waals surface area contributed by atoms with Crippen molar-refractivity contribution in [3.8, 4) is 0 Å². The monoisotopic (exact) mass is 375 g/mol. The van der Waals surface area contributed by atoms with Crippen molar-refractivity contribution in [3.05, 3.63) is 64.6 Å². The summed E-state index contributed by atoms with van der Waals surface area (Å²) in [5.74, 6) is -0.652. The predicted octanol–water partition coefficient (Wildman–Crippen LogP) is 3.66. The van der Waals surface area contributed by atoms with Crippen LogP contribution >= 0.6 is 11.6 Å². The maximum absolute atomic E-state index is 13.0. The molecule has 0 aliphatic carbocycles. The van der Waals surface area contributed by atoms with E-state index in [1.165, 1.54) is 18.2 Å². The molecule has 0 amide bonds. The highest BCUT2D eigenvalue weighted by atomic mass is 35.5. The fourth-order valence-electron chi connectivity index (χ4n) is 2.95. The van der Waals surface area contributed by atoms with Crippen molar-refractivity contribution in [2.24, 2.45) is 0 Å². The smallest absolute Gasteiger partial charge is 0.328 e. The minimum Gasteiger partial charge on any atom is -0.478 e. The molecule has 2 N–H and O–H groups in total. The molecule has 1 aliphatic heterocycles. The van der Waals surface area contributed by atoms with Crippen LogP contribution in [0, 0.1) is 5.82 Å². The van der Waals surface area contributed by atoms with E-state index in [9.17, 15) is 9.18 Å². The number of carbonyl (C=O) groups is 1. The predicted molar refractivity (Wildman–Crippen MR) is 99.6 cm³/mol. The lowest BCUT2D eigenvalue weighted by molar-refractivity contribution is -0.131. The van der Waals surface area contributed by atoms with Gasteiger partial charge in [0.05, 0.1) is 5.02 Å². The number of aromatic nitrogens is 1. The normalized spacial score (nSPS) is 17.7. The zero-order valence-corrected chi connectivity index (χ0v) is 14.8. The fraction of sp³-hybridized carbons (Fsp3) is 0.263. The number of hydrogen-bond donors (Lipinski definition) is 2. The summed E-state index contributed by atoms with van der Waals surface area (Å²) in [6.45, 7) is 2.56. The number of nitrogens with zero attached hydrogens (tertiary/aromatic N) is 2. The first kappa shape index (κ1) is 18.4. The Balaban J connectivity index is 1.56. The number of halogens is 2. The molecule has 1 aromatic heterocycles. The van der Waals surface area contributed by atoms with Crippen molar-refractivity contribution in [3.63, 3.8) is 0 Å². The number of carboxylic acid groups (broad SMARTS) is 1. The highest BCUT2D eigenvalue weighted by molar-refractivity contribution is 6.33. The minimum absolute atomic E-state index is 0.223. The van der Waals surface area contributed by atoms with Crippen molar-refractivity contribution in [1.29, 1.82) is 0 Å². The Labute approximate surface area is 156 Å². The molecule has 0 unspecified atom stereocenters. The number of benzene rings is 1. The van der Waals surface area contributed by atoms with Gasteiger partial charge in [-0.25, -0.2) is 14.2 Å². The lowest BCUT2D eigenvalue weighted by atomic mass is 10.2. The van der Waals surface area contributed by atoms with Crippen LogP contribution in [0.5, 0.6) is 0 Å². The molecule has 1 saturated heterocycles. The number of aliphatic carboxylic acids is 1. The lowest BCUT2D eigenvalue weighted by Crippen LogP contribution is -2.26. The topological polar surface area (TPSA) is 65.5 Å². The fourth-order valence-corrected chi connectivity index (χ4v) is 3.18. The Morgan fingerprint density at radius 2 is 2.19 bits per heavy atom.